The largest absolute Gasteiger partial charge is 0.377 e. The molecule has 2 fully saturated rings. The van der Waals surface area contributed by atoms with Crippen molar-refractivity contribution in [3.8, 4) is 17.3 Å². The molecule has 12 heteroatoms. The van der Waals surface area contributed by atoms with E-state index in [9.17, 15) is 14.9 Å². The number of nitrogens with one attached hydrogen (secondary N) is 1. The Morgan fingerprint density at radius 2 is 2.07 bits per heavy atom. The van der Waals surface area contributed by atoms with E-state index in [1.165, 1.54) is 0 Å². The fourth-order valence-electron chi connectivity index (χ4n) is 6.42. The lowest BCUT2D eigenvalue weighted by Gasteiger charge is -2.22. The molecule has 44 heavy (non-hydrogen) atoms. The maximum atomic E-state index is 14.2. The molecule has 11 nitrogen and oxygen atoms in total. The van der Waals surface area contributed by atoms with Gasteiger partial charge in [-0.05, 0) is 62.4 Å². The number of aromatic nitrogens is 6. The zero-order chi connectivity index (χ0) is 33.4. The van der Waals surface area contributed by atoms with Crippen molar-refractivity contribution in [1.82, 2.24) is 34.0 Å². The van der Waals surface area contributed by atoms with E-state index in [0.717, 1.165) is 21.3 Å². The van der Waals surface area contributed by atoms with Gasteiger partial charge < -0.3 is 10.2 Å². The summed E-state index contributed by atoms with van der Waals surface area (Å²) in [6, 6.07) is 8.65. The number of pyridine rings is 2. The van der Waals surface area contributed by atoms with Gasteiger partial charge in [0, 0.05) is 65.2 Å². The highest BCUT2D eigenvalue weighted by molar-refractivity contribution is 6.29. The van der Waals surface area contributed by atoms with Crippen molar-refractivity contribution in [3.63, 3.8) is 0 Å². The van der Waals surface area contributed by atoms with E-state index < -0.39 is 18.0 Å². The molecule has 1 aromatic carbocycles. The van der Waals surface area contributed by atoms with Crippen molar-refractivity contribution in [3.05, 3.63) is 69.5 Å². The minimum atomic E-state index is -2.80. The molecule has 5 aromatic rings. The van der Waals surface area contributed by atoms with Crippen LogP contribution >= 0.6 is 11.6 Å². The van der Waals surface area contributed by atoms with E-state index in [-0.39, 0.29) is 35.6 Å². The highest BCUT2D eigenvalue weighted by atomic mass is 35.5. The average molecular weight is 613 g/mol. The summed E-state index contributed by atoms with van der Waals surface area (Å²) in [6.45, 7) is 1.72. The molecule has 1 aliphatic carbocycles. The van der Waals surface area contributed by atoms with Gasteiger partial charge in [0.15, 0.2) is 0 Å². The van der Waals surface area contributed by atoms with E-state index in [1.807, 2.05) is 39.2 Å². The van der Waals surface area contributed by atoms with Crippen molar-refractivity contribution in [2.45, 2.75) is 45.2 Å². The lowest BCUT2D eigenvalue weighted by atomic mass is 9.95. The van der Waals surface area contributed by atoms with Crippen molar-refractivity contribution < 1.29 is 8.91 Å². The Kier molecular flexibility index (Phi) is 5.73. The van der Waals surface area contributed by atoms with Crippen LogP contribution in [0.2, 0.25) is 5.15 Å². The van der Waals surface area contributed by atoms with Gasteiger partial charge in [-0.3, -0.25) is 18.8 Å². The van der Waals surface area contributed by atoms with Gasteiger partial charge in [-0.2, -0.15) is 15.5 Å². The number of aryl methyl sites for hydroxylation is 3. The van der Waals surface area contributed by atoms with E-state index in [1.54, 1.807) is 38.8 Å². The highest BCUT2D eigenvalue weighted by Gasteiger charge is 2.53. The van der Waals surface area contributed by atoms with Crippen LogP contribution in [0.5, 0.6) is 0 Å². The maximum absolute atomic E-state index is 14.2. The Morgan fingerprint density at radius 1 is 1.25 bits per heavy atom. The second-order valence-electron chi connectivity index (χ2n) is 11.9. The van der Waals surface area contributed by atoms with Crippen LogP contribution in [0.4, 0.5) is 5.69 Å². The number of nitriles is 1. The molecule has 2 atom stereocenters. The third kappa shape index (κ3) is 4.44. The van der Waals surface area contributed by atoms with E-state index >= 15 is 0 Å². The lowest BCUT2D eigenvalue weighted by molar-refractivity contribution is -0.134. The molecule has 1 aliphatic heterocycles. The summed E-state index contributed by atoms with van der Waals surface area (Å²) >= 11 is 6.28. The van der Waals surface area contributed by atoms with Crippen LogP contribution in [-0.4, -0.2) is 53.0 Å². The number of halogens is 1. The minimum Gasteiger partial charge on any atom is -0.377 e. The second kappa shape index (κ2) is 10.2. The van der Waals surface area contributed by atoms with Gasteiger partial charge in [0.25, 0.3) is 5.56 Å². The number of carbonyl (C=O) groups is 1. The molecular weight excluding hydrogens is 578 g/mol. The molecule has 1 N–H and O–H groups in total. The predicted octanol–water partition coefficient (Wildman–Crippen LogP) is 4.90. The smallest absolute Gasteiger partial charge is 0.259 e. The fraction of sp³-hybridized carbons (Fsp3) is 0.375. The number of rotatable bonds is 6. The third-order valence-corrected chi connectivity index (χ3v) is 9.06. The molecule has 4 aromatic heterocycles. The topological polar surface area (TPSA) is 127 Å². The van der Waals surface area contributed by atoms with Crippen LogP contribution in [0.25, 0.3) is 33.1 Å². The molecule has 0 spiro atoms. The second-order valence-corrected chi connectivity index (χ2v) is 12.3. The Labute approximate surface area is 262 Å². The number of hydrogen-bond acceptors (Lipinski definition) is 7. The van der Waals surface area contributed by atoms with Crippen molar-refractivity contribution in [1.29, 1.82) is 5.26 Å². The van der Waals surface area contributed by atoms with Crippen molar-refractivity contribution >= 4 is 45.0 Å². The summed E-state index contributed by atoms with van der Waals surface area (Å²) in [7, 11) is 1.82. The van der Waals surface area contributed by atoms with Crippen LogP contribution in [0.3, 0.4) is 0 Å². The molecule has 1 saturated carbocycles. The first-order chi connectivity index (χ1) is 22.3. The molecule has 7 rings (SSSR count). The summed E-state index contributed by atoms with van der Waals surface area (Å²) in [4.78, 5) is 33.5. The first-order valence-corrected chi connectivity index (χ1v) is 14.9. The van der Waals surface area contributed by atoms with Crippen LogP contribution < -0.4 is 10.9 Å². The SMILES string of the molecule is [2H]C([2H])([2H])n1c(=O)c2cc(C)cc(C(C)Nc3ccc(Cl)nc3-c3cnn(C)c3)c2c2cnn(C3CCN(C(=O)C4(C#N)CC4)C3)c21. The Bertz CT molecular complexity index is 2190. The molecule has 5 heterocycles. The first-order valence-electron chi connectivity index (χ1n) is 16.0. The summed E-state index contributed by atoms with van der Waals surface area (Å²) in [5, 5.41) is 23.7. The molecule has 2 unspecified atom stereocenters. The Morgan fingerprint density at radius 3 is 2.77 bits per heavy atom. The number of anilines is 1. The highest BCUT2D eigenvalue weighted by Crippen LogP contribution is 2.47. The van der Waals surface area contributed by atoms with Gasteiger partial charge >= 0.3 is 0 Å². The lowest BCUT2D eigenvalue weighted by Crippen LogP contribution is -2.35. The number of nitrogens with zero attached hydrogens (tertiary/aromatic N) is 8. The number of amides is 1. The zero-order valence-electron chi connectivity index (χ0n) is 27.5. The van der Waals surface area contributed by atoms with Gasteiger partial charge in [-0.1, -0.05) is 17.7 Å². The minimum absolute atomic E-state index is 0.171. The molecule has 224 valence electrons. The number of carbonyl (C=O) groups excluding carboxylic acids is 1. The van der Waals surface area contributed by atoms with Crippen LogP contribution in [0.15, 0.2) is 47.7 Å². The standard InChI is InChI=1S/C32H32ClN9O2/c1-18-11-22(19(2)37-25-5-6-26(33)38-28(25)20-13-35-39(3)15-20)27-23(12-18)30(43)40(4)29-24(27)14-36-42(29)21-7-10-41(16-21)31(44)32(17-34)8-9-32/h5-6,11-15,19,21,37H,7-10,16H2,1-4H3/i4D3. The normalized spacial score (nSPS) is 19.4. The van der Waals surface area contributed by atoms with Crippen LogP contribution in [-0.2, 0) is 18.8 Å². The molecular formula is C32H32ClN9O2. The Balaban J connectivity index is 1.36. The molecule has 0 bridgehead atoms. The van der Waals surface area contributed by atoms with Crippen LogP contribution in [0, 0.1) is 23.7 Å². The number of fused-ring (bicyclic) bond motifs is 3. The first kappa shape index (κ1) is 24.7. The molecule has 2 aliphatic rings. The number of likely N-dealkylation sites (tertiary alicyclic amines) is 1. The van der Waals surface area contributed by atoms with Gasteiger partial charge in [-0.25, -0.2) is 9.67 Å². The average Bonchev–Trinajstić information content (AvgIpc) is 3.30. The van der Waals surface area contributed by atoms with E-state index in [2.05, 4.69) is 26.6 Å². The van der Waals surface area contributed by atoms with Gasteiger partial charge in [0.2, 0.25) is 5.91 Å². The monoisotopic (exact) mass is 612 g/mol. The predicted molar refractivity (Wildman–Crippen MR) is 168 cm³/mol. The summed E-state index contributed by atoms with van der Waals surface area (Å²) in [5.41, 5.74) is 2.22. The molecule has 0 radical (unpaired) electrons. The van der Waals surface area contributed by atoms with E-state index in [4.69, 9.17) is 15.7 Å². The van der Waals surface area contributed by atoms with Crippen molar-refractivity contribution in [2.75, 3.05) is 18.4 Å². The van der Waals surface area contributed by atoms with Gasteiger partial charge in [-0.15, -0.1) is 0 Å². The van der Waals surface area contributed by atoms with Crippen LogP contribution in [0.1, 0.15) is 53.5 Å². The van der Waals surface area contributed by atoms with E-state index in [0.29, 0.717) is 53.1 Å². The number of hydrogen-bond donors (Lipinski definition) is 1. The Hall–Kier alpha value is -4.69. The summed E-state index contributed by atoms with van der Waals surface area (Å²) in [6.07, 6.45) is 6.75. The zero-order valence-corrected chi connectivity index (χ0v) is 25.3. The quantitative estimate of drug-likeness (QED) is 0.270. The summed E-state index contributed by atoms with van der Waals surface area (Å²) in [5.74, 6) is -0.197. The maximum Gasteiger partial charge on any atom is 0.259 e. The fourth-order valence-corrected chi connectivity index (χ4v) is 6.57. The van der Waals surface area contributed by atoms with Crippen molar-refractivity contribution in [2.24, 2.45) is 19.4 Å². The van der Waals surface area contributed by atoms with Gasteiger partial charge in [0.05, 0.1) is 35.9 Å². The number of benzene rings is 1. The van der Waals surface area contributed by atoms with Gasteiger partial charge in [0.1, 0.15) is 16.2 Å². The third-order valence-electron chi connectivity index (χ3n) is 8.84. The summed E-state index contributed by atoms with van der Waals surface area (Å²) < 4.78 is 29.3. The molecule has 1 saturated heterocycles. The molecule has 1 amide bonds.